The van der Waals surface area contributed by atoms with Crippen molar-refractivity contribution in [2.75, 3.05) is 13.2 Å². The zero-order valence-corrected chi connectivity index (χ0v) is 18.5. The van der Waals surface area contributed by atoms with Crippen molar-refractivity contribution in [3.63, 3.8) is 0 Å². The van der Waals surface area contributed by atoms with Crippen molar-refractivity contribution in [1.82, 2.24) is 10.9 Å². The van der Waals surface area contributed by atoms with Crippen molar-refractivity contribution < 1.29 is 19.1 Å². The molecule has 0 aliphatic heterocycles. The van der Waals surface area contributed by atoms with Gasteiger partial charge in [0.05, 0.1) is 16.6 Å². The van der Waals surface area contributed by atoms with Crippen molar-refractivity contribution in [3.8, 4) is 11.5 Å². The van der Waals surface area contributed by atoms with E-state index in [2.05, 4.69) is 47.6 Å². The van der Waals surface area contributed by atoms with Gasteiger partial charge in [-0.05, 0) is 64.5 Å². The van der Waals surface area contributed by atoms with Crippen LogP contribution in [-0.4, -0.2) is 25.0 Å². The smallest absolute Gasteiger partial charge is 0.276 e. The summed E-state index contributed by atoms with van der Waals surface area (Å²) in [7, 11) is 0. The molecule has 0 saturated carbocycles. The van der Waals surface area contributed by atoms with Gasteiger partial charge < -0.3 is 9.47 Å². The molecule has 2 aromatic rings. The Morgan fingerprint density at radius 1 is 1.03 bits per heavy atom. The van der Waals surface area contributed by atoms with Crippen LogP contribution < -0.4 is 20.3 Å². The number of amides is 2. The van der Waals surface area contributed by atoms with E-state index in [9.17, 15) is 9.59 Å². The Morgan fingerprint density at radius 2 is 1.79 bits per heavy atom. The maximum atomic E-state index is 12.4. The number of nitrogens with one attached hydrogen (secondary N) is 2. The van der Waals surface area contributed by atoms with E-state index in [1.807, 2.05) is 12.1 Å². The molecule has 2 aromatic carbocycles. The molecule has 0 aromatic heterocycles. The Balaban J connectivity index is 1.85. The number of carbonyl (C=O) groups is 2. The molecule has 0 atom stereocenters. The summed E-state index contributed by atoms with van der Waals surface area (Å²) in [6.45, 7) is 6.57. The predicted molar refractivity (Wildman–Crippen MR) is 116 cm³/mol. The number of aryl methyl sites for hydroxylation is 1. The van der Waals surface area contributed by atoms with E-state index in [0.717, 1.165) is 22.9 Å². The molecule has 2 amide bonds. The molecule has 2 rings (SSSR count). The van der Waals surface area contributed by atoms with E-state index in [4.69, 9.17) is 9.47 Å². The van der Waals surface area contributed by atoms with Crippen molar-refractivity contribution in [2.45, 2.75) is 33.6 Å². The van der Waals surface area contributed by atoms with Crippen LogP contribution in [0.15, 0.2) is 46.9 Å². The van der Waals surface area contributed by atoms with Crippen LogP contribution in [0.25, 0.3) is 0 Å². The van der Waals surface area contributed by atoms with Crippen LogP contribution >= 0.6 is 15.9 Å². The second kappa shape index (κ2) is 11.5. The number of ether oxygens (including phenoxy) is 2. The van der Waals surface area contributed by atoms with Crippen LogP contribution in [0.4, 0.5) is 0 Å². The first-order valence-corrected chi connectivity index (χ1v) is 10.4. The molecule has 0 aliphatic rings. The van der Waals surface area contributed by atoms with E-state index >= 15 is 0 Å². The van der Waals surface area contributed by atoms with Crippen LogP contribution in [0, 0.1) is 5.92 Å². The van der Waals surface area contributed by atoms with Gasteiger partial charge in [-0.15, -0.1) is 0 Å². The normalized spacial score (nSPS) is 10.5. The number of benzene rings is 2. The Labute approximate surface area is 180 Å². The highest BCUT2D eigenvalue weighted by Gasteiger charge is 2.14. The fourth-order valence-electron chi connectivity index (χ4n) is 2.44. The molecular formula is C22H27BrN2O4. The van der Waals surface area contributed by atoms with Gasteiger partial charge in [-0.2, -0.15) is 0 Å². The Morgan fingerprint density at radius 3 is 2.48 bits per heavy atom. The summed E-state index contributed by atoms with van der Waals surface area (Å²) in [6, 6.07) is 12.6. The maximum absolute atomic E-state index is 12.4. The molecule has 156 valence electrons. The van der Waals surface area contributed by atoms with Crippen LogP contribution in [0.2, 0.25) is 0 Å². The first-order chi connectivity index (χ1) is 13.9. The lowest BCUT2D eigenvalue weighted by atomic mass is 10.1. The second-order valence-electron chi connectivity index (χ2n) is 6.94. The lowest BCUT2D eigenvalue weighted by molar-refractivity contribution is -0.123. The summed E-state index contributed by atoms with van der Waals surface area (Å²) in [5.74, 6) is 0.632. The van der Waals surface area contributed by atoms with Crippen LogP contribution in [0.5, 0.6) is 11.5 Å². The first-order valence-electron chi connectivity index (χ1n) is 9.63. The van der Waals surface area contributed by atoms with E-state index in [-0.39, 0.29) is 6.61 Å². The maximum Gasteiger partial charge on any atom is 0.276 e. The minimum Gasteiger partial charge on any atom is -0.493 e. The quantitative estimate of drug-likeness (QED) is 0.545. The summed E-state index contributed by atoms with van der Waals surface area (Å²) in [4.78, 5) is 24.4. The van der Waals surface area contributed by atoms with Gasteiger partial charge in [0, 0.05) is 0 Å². The molecule has 29 heavy (non-hydrogen) atoms. The molecule has 7 heteroatoms. The minimum atomic E-state index is -0.469. The van der Waals surface area contributed by atoms with Crippen LogP contribution in [-0.2, 0) is 11.2 Å². The van der Waals surface area contributed by atoms with Gasteiger partial charge in [0.2, 0.25) is 0 Å². The fourth-order valence-corrected chi connectivity index (χ4v) is 2.98. The van der Waals surface area contributed by atoms with Gasteiger partial charge >= 0.3 is 0 Å². The molecule has 0 bridgehead atoms. The second-order valence-corrected chi connectivity index (χ2v) is 7.79. The molecule has 0 aliphatic carbocycles. The Hall–Kier alpha value is -2.54. The molecule has 0 unspecified atom stereocenters. The lowest BCUT2D eigenvalue weighted by Crippen LogP contribution is -2.44. The van der Waals surface area contributed by atoms with Gasteiger partial charge in [0.25, 0.3) is 11.8 Å². The van der Waals surface area contributed by atoms with Crippen molar-refractivity contribution >= 4 is 27.7 Å². The van der Waals surface area contributed by atoms with E-state index in [1.165, 1.54) is 0 Å². The molecule has 0 saturated heterocycles. The van der Waals surface area contributed by atoms with Gasteiger partial charge in [-0.25, -0.2) is 0 Å². The number of para-hydroxylation sites is 1. The standard InChI is InChI=1S/C22H27BrN2O4/c1-4-16-9-10-20(18(23)13-16)29-14-21(26)24-25-22(27)17-7-5-6-8-19(17)28-12-11-15(2)3/h5-10,13,15H,4,11-12,14H2,1-3H3,(H,24,26)(H,25,27). The number of rotatable bonds is 9. The predicted octanol–water partition coefficient (Wildman–Crippen LogP) is 4.28. The SMILES string of the molecule is CCc1ccc(OCC(=O)NNC(=O)c2ccccc2OCCC(C)C)c(Br)c1. The third-order valence-corrected chi connectivity index (χ3v) is 4.78. The number of hydrogen-bond donors (Lipinski definition) is 2. The van der Waals surface area contributed by atoms with Crippen LogP contribution in [0.1, 0.15) is 43.1 Å². The topological polar surface area (TPSA) is 76.7 Å². The fraction of sp³-hybridized carbons (Fsp3) is 0.364. The van der Waals surface area contributed by atoms with Crippen molar-refractivity contribution in [2.24, 2.45) is 5.92 Å². The molecule has 0 radical (unpaired) electrons. The third-order valence-electron chi connectivity index (χ3n) is 4.16. The highest BCUT2D eigenvalue weighted by molar-refractivity contribution is 9.10. The highest BCUT2D eigenvalue weighted by atomic mass is 79.9. The molecule has 6 nitrogen and oxygen atoms in total. The van der Waals surface area contributed by atoms with E-state index < -0.39 is 11.8 Å². The number of hydrogen-bond acceptors (Lipinski definition) is 4. The van der Waals surface area contributed by atoms with Gasteiger partial charge in [0.15, 0.2) is 6.61 Å². The average Bonchev–Trinajstić information content (AvgIpc) is 2.71. The summed E-state index contributed by atoms with van der Waals surface area (Å²) < 4.78 is 12.0. The Kier molecular flexibility index (Phi) is 8.99. The third kappa shape index (κ3) is 7.42. The highest BCUT2D eigenvalue weighted by Crippen LogP contribution is 2.26. The number of halogens is 1. The molecule has 0 heterocycles. The largest absolute Gasteiger partial charge is 0.493 e. The van der Waals surface area contributed by atoms with Crippen molar-refractivity contribution in [3.05, 3.63) is 58.1 Å². The zero-order valence-electron chi connectivity index (χ0n) is 17.0. The van der Waals surface area contributed by atoms with Gasteiger partial charge in [-0.3, -0.25) is 20.4 Å². The lowest BCUT2D eigenvalue weighted by Gasteiger charge is -2.13. The number of hydrazine groups is 1. The van der Waals surface area contributed by atoms with Gasteiger partial charge in [-0.1, -0.05) is 39.0 Å². The monoisotopic (exact) mass is 462 g/mol. The summed E-state index contributed by atoms with van der Waals surface area (Å²) in [5, 5.41) is 0. The molecule has 0 spiro atoms. The van der Waals surface area contributed by atoms with Gasteiger partial charge in [0.1, 0.15) is 11.5 Å². The minimum absolute atomic E-state index is 0.225. The Bertz CT molecular complexity index is 839. The molecule has 0 fully saturated rings. The molecular weight excluding hydrogens is 436 g/mol. The number of carbonyl (C=O) groups excluding carboxylic acids is 2. The summed E-state index contributed by atoms with van der Waals surface area (Å²) >= 11 is 3.43. The van der Waals surface area contributed by atoms with Crippen LogP contribution in [0.3, 0.4) is 0 Å². The van der Waals surface area contributed by atoms with E-state index in [0.29, 0.717) is 29.6 Å². The molecule has 2 N–H and O–H groups in total. The summed E-state index contributed by atoms with van der Waals surface area (Å²) in [5.41, 5.74) is 6.28. The van der Waals surface area contributed by atoms with Crippen molar-refractivity contribution in [1.29, 1.82) is 0 Å². The first kappa shape index (κ1) is 22.7. The zero-order chi connectivity index (χ0) is 21.2. The summed E-state index contributed by atoms with van der Waals surface area (Å²) in [6.07, 6.45) is 1.80. The van der Waals surface area contributed by atoms with E-state index in [1.54, 1.807) is 30.3 Å². The average molecular weight is 463 g/mol.